The first-order valence-corrected chi connectivity index (χ1v) is 6.78. The molecule has 0 aliphatic heterocycles. The largest absolute Gasteiger partial charge is 0.493 e. The second-order valence-corrected chi connectivity index (χ2v) is 4.66. The van der Waals surface area contributed by atoms with E-state index in [0.717, 1.165) is 12.3 Å². The molecule has 9 heteroatoms. The first-order valence-electron chi connectivity index (χ1n) is 6.78. The molecule has 1 aromatic heterocycles. The van der Waals surface area contributed by atoms with Crippen LogP contribution in [0.2, 0.25) is 0 Å². The summed E-state index contributed by atoms with van der Waals surface area (Å²) in [6.07, 6.45) is -3.45. The minimum absolute atomic E-state index is 0.00534. The molecule has 0 bridgehead atoms. The molecular formula is C16H11F3N2O4. The van der Waals surface area contributed by atoms with Gasteiger partial charge in [-0.2, -0.15) is 18.4 Å². The molecular weight excluding hydrogens is 341 g/mol. The SMILES string of the molecule is COc1cc(C#N)ccc1OC(=O)c1ccc(OCC(F)(F)F)nc1. The van der Waals surface area contributed by atoms with E-state index in [-0.39, 0.29) is 22.9 Å². The maximum absolute atomic E-state index is 12.1. The molecule has 0 saturated heterocycles. The van der Waals surface area contributed by atoms with E-state index < -0.39 is 18.8 Å². The van der Waals surface area contributed by atoms with Crippen molar-refractivity contribution in [3.05, 3.63) is 47.7 Å². The molecule has 2 aromatic rings. The summed E-state index contributed by atoms with van der Waals surface area (Å²) in [5.74, 6) is -0.794. The smallest absolute Gasteiger partial charge is 0.422 e. The lowest BCUT2D eigenvalue weighted by Crippen LogP contribution is -2.19. The molecule has 1 aromatic carbocycles. The number of alkyl halides is 3. The number of carbonyl (C=O) groups excluding carboxylic acids is 1. The fourth-order valence-corrected chi connectivity index (χ4v) is 1.72. The fourth-order valence-electron chi connectivity index (χ4n) is 1.72. The zero-order valence-corrected chi connectivity index (χ0v) is 12.8. The van der Waals surface area contributed by atoms with Crippen molar-refractivity contribution in [1.82, 2.24) is 4.98 Å². The van der Waals surface area contributed by atoms with Gasteiger partial charge in [0.2, 0.25) is 5.88 Å². The zero-order valence-electron chi connectivity index (χ0n) is 12.8. The number of ether oxygens (including phenoxy) is 3. The molecule has 0 aliphatic rings. The number of hydrogen-bond donors (Lipinski definition) is 0. The molecule has 0 unspecified atom stereocenters. The van der Waals surface area contributed by atoms with Crippen molar-refractivity contribution in [2.45, 2.75) is 6.18 Å². The van der Waals surface area contributed by atoms with Gasteiger partial charge >= 0.3 is 12.1 Å². The van der Waals surface area contributed by atoms with Gasteiger partial charge in [-0.1, -0.05) is 0 Å². The highest BCUT2D eigenvalue weighted by Crippen LogP contribution is 2.28. The molecule has 2 rings (SSSR count). The second-order valence-electron chi connectivity index (χ2n) is 4.66. The van der Waals surface area contributed by atoms with Gasteiger partial charge in [0.15, 0.2) is 18.1 Å². The molecule has 0 saturated carbocycles. The number of benzene rings is 1. The molecule has 25 heavy (non-hydrogen) atoms. The van der Waals surface area contributed by atoms with Crippen LogP contribution in [0.5, 0.6) is 17.4 Å². The molecule has 0 atom stereocenters. The molecule has 0 radical (unpaired) electrons. The van der Waals surface area contributed by atoms with E-state index in [0.29, 0.717) is 5.56 Å². The number of nitriles is 1. The number of hydrogen-bond acceptors (Lipinski definition) is 6. The van der Waals surface area contributed by atoms with Crippen LogP contribution in [-0.2, 0) is 0 Å². The molecule has 6 nitrogen and oxygen atoms in total. The highest BCUT2D eigenvalue weighted by atomic mass is 19.4. The summed E-state index contributed by atoms with van der Waals surface area (Å²) in [5.41, 5.74) is 0.329. The predicted molar refractivity (Wildman–Crippen MR) is 78.5 cm³/mol. The van der Waals surface area contributed by atoms with Gasteiger partial charge in [-0.3, -0.25) is 0 Å². The zero-order chi connectivity index (χ0) is 18.4. The number of aromatic nitrogens is 1. The van der Waals surface area contributed by atoms with Crippen LogP contribution in [0.4, 0.5) is 13.2 Å². The molecule has 130 valence electrons. The van der Waals surface area contributed by atoms with Gasteiger partial charge in [0.25, 0.3) is 0 Å². The van der Waals surface area contributed by atoms with Crippen molar-refractivity contribution in [2.75, 3.05) is 13.7 Å². The van der Waals surface area contributed by atoms with Crippen LogP contribution < -0.4 is 14.2 Å². The highest BCUT2D eigenvalue weighted by Gasteiger charge is 2.28. The lowest BCUT2D eigenvalue weighted by Gasteiger charge is -2.10. The molecule has 0 fully saturated rings. The van der Waals surface area contributed by atoms with Crippen molar-refractivity contribution >= 4 is 5.97 Å². The van der Waals surface area contributed by atoms with Crippen LogP contribution in [-0.4, -0.2) is 30.8 Å². The average molecular weight is 352 g/mol. The fraction of sp³-hybridized carbons (Fsp3) is 0.188. The summed E-state index contributed by atoms with van der Waals surface area (Å²) in [6.45, 7) is -1.48. The molecule has 1 heterocycles. The van der Waals surface area contributed by atoms with Crippen LogP contribution in [0, 0.1) is 11.3 Å². The third-order valence-corrected chi connectivity index (χ3v) is 2.85. The maximum Gasteiger partial charge on any atom is 0.422 e. The summed E-state index contributed by atoms with van der Waals surface area (Å²) >= 11 is 0. The van der Waals surface area contributed by atoms with Gasteiger partial charge in [0.05, 0.1) is 24.3 Å². The normalized spacial score (nSPS) is 10.7. The van der Waals surface area contributed by atoms with Gasteiger partial charge in [-0.15, -0.1) is 0 Å². The summed E-state index contributed by atoms with van der Waals surface area (Å²) in [5, 5.41) is 8.82. The number of nitrogens with zero attached hydrogens (tertiary/aromatic N) is 2. The van der Waals surface area contributed by atoms with Crippen LogP contribution >= 0.6 is 0 Å². The third kappa shape index (κ3) is 5.10. The third-order valence-electron chi connectivity index (χ3n) is 2.85. The Morgan fingerprint density at radius 1 is 1.24 bits per heavy atom. The number of methoxy groups -OCH3 is 1. The van der Waals surface area contributed by atoms with Crippen LogP contribution in [0.15, 0.2) is 36.5 Å². The summed E-state index contributed by atoms with van der Waals surface area (Å²) in [6, 6.07) is 8.49. The lowest BCUT2D eigenvalue weighted by molar-refractivity contribution is -0.154. The predicted octanol–water partition coefficient (Wildman–Crippen LogP) is 3.12. The summed E-state index contributed by atoms with van der Waals surface area (Å²) in [7, 11) is 1.35. The van der Waals surface area contributed by atoms with Crippen molar-refractivity contribution in [2.24, 2.45) is 0 Å². The Morgan fingerprint density at radius 2 is 2.00 bits per heavy atom. The summed E-state index contributed by atoms with van der Waals surface area (Å²) in [4.78, 5) is 15.7. The van der Waals surface area contributed by atoms with E-state index in [4.69, 9.17) is 14.7 Å². The van der Waals surface area contributed by atoms with E-state index in [2.05, 4.69) is 9.72 Å². The van der Waals surface area contributed by atoms with E-state index in [1.807, 2.05) is 6.07 Å². The van der Waals surface area contributed by atoms with Crippen molar-refractivity contribution in [3.63, 3.8) is 0 Å². The maximum atomic E-state index is 12.1. The van der Waals surface area contributed by atoms with Gasteiger partial charge in [-0.25, -0.2) is 9.78 Å². The van der Waals surface area contributed by atoms with Crippen LogP contribution in [0.3, 0.4) is 0 Å². The van der Waals surface area contributed by atoms with Crippen molar-refractivity contribution < 1.29 is 32.2 Å². The van der Waals surface area contributed by atoms with Crippen LogP contribution in [0.25, 0.3) is 0 Å². The van der Waals surface area contributed by atoms with Gasteiger partial charge < -0.3 is 14.2 Å². The van der Waals surface area contributed by atoms with Gasteiger partial charge in [0.1, 0.15) is 0 Å². The number of rotatable bonds is 5. The van der Waals surface area contributed by atoms with E-state index in [1.54, 1.807) is 0 Å². The van der Waals surface area contributed by atoms with Crippen LogP contribution in [0.1, 0.15) is 15.9 Å². The monoisotopic (exact) mass is 352 g/mol. The number of esters is 1. The van der Waals surface area contributed by atoms with E-state index in [9.17, 15) is 18.0 Å². The minimum Gasteiger partial charge on any atom is -0.493 e. The van der Waals surface area contributed by atoms with Crippen molar-refractivity contribution in [1.29, 1.82) is 5.26 Å². The standard InChI is InChI=1S/C16H11F3N2O4/c1-23-13-6-10(7-20)2-4-12(13)25-15(22)11-3-5-14(21-8-11)24-9-16(17,18)19/h2-6,8H,9H2,1H3. The Labute approximate surface area is 140 Å². The number of halogens is 3. The van der Waals surface area contributed by atoms with Gasteiger partial charge in [0, 0.05) is 18.3 Å². The number of pyridine rings is 1. The first-order chi connectivity index (χ1) is 11.8. The lowest BCUT2D eigenvalue weighted by atomic mass is 10.2. The Balaban J connectivity index is 2.07. The Hall–Kier alpha value is -3.28. The molecule has 0 aliphatic carbocycles. The Kier molecular flexibility index (Phi) is 5.44. The minimum atomic E-state index is -4.48. The Bertz CT molecular complexity index is 799. The molecule has 0 amide bonds. The van der Waals surface area contributed by atoms with E-state index >= 15 is 0 Å². The molecule has 0 N–H and O–H groups in total. The molecule has 0 spiro atoms. The topological polar surface area (TPSA) is 81.4 Å². The number of carbonyl (C=O) groups is 1. The average Bonchev–Trinajstić information content (AvgIpc) is 2.60. The van der Waals surface area contributed by atoms with E-state index in [1.165, 1.54) is 31.4 Å². The van der Waals surface area contributed by atoms with Crippen molar-refractivity contribution in [3.8, 4) is 23.4 Å². The summed E-state index contributed by atoms with van der Waals surface area (Å²) < 4.78 is 50.8. The van der Waals surface area contributed by atoms with Gasteiger partial charge in [-0.05, 0) is 18.2 Å². The quantitative estimate of drug-likeness (QED) is 0.607. The Morgan fingerprint density at radius 3 is 2.56 bits per heavy atom. The highest BCUT2D eigenvalue weighted by molar-refractivity contribution is 5.91. The second kappa shape index (κ2) is 7.53. The first kappa shape index (κ1) is 18.1.